The number of amides is 1. The minimum Gasteiger partial charge on any atom is -0.353 e. The van der Waals surface area contributed by atoms with Crippen LogP contribution in [0.25, 0.3) is 0 Å². The molecule has 1 amide bonds. The van der Waals surface area contributed by atoms with E-state index in [9.17, 15) is 4.79 Å². The van der Waals surface area contributed by atoms with E-state index in [-0.39, 0.29) is 11.4 Å². The molecule has 13 heavy (non-hydrogen) atoms. The molecule has 1 saturated heterocycles. The second-order valence-corrected chi connectivity index (χ2v) is 4.59. The Kier molecular flexibility index (Phi) is 2.28. The fraction of sp³-hybridized carbons (Fsp3) is 0.900. The first-order valence-corrected chi connectivity index (χ1v) is 5.22. The molecule has 0 aromatic rings. The van der Waals surface area contributed by atoms with Gasteiger partial charge in [-0.2, -0.15) is 0 Å². The zero-order valence-electron chi connectivity index (χ0n) is 8.23. The first kappa shape index (κ1) is 9.00. The van der Waals surface area contributed by atoms with Crippen molar-refractivity contribution in [1.29, 1.82) is 0 Å². The van der Waals surface area contributed by atoms with Crippen LogP contribution < -0.4 is 10.6 Å². The summed E-state index contributed by atoms with van der Waals surface area (Å²) in [5.41, 5.74) is 0.237. The van der Waals surface area contributed by atoms with Crippen LogP contribution in [0.5, 0.6) is 0 Å². The summed E-state index contributed by atoms with van der Waals surface area (Å²) in [5, 5.41) is 6.35. The summed E-state index contributed by atoms with van der Waals surface area (Å²) >= 11 is 0. The number of piperazine rings is 1. The minimum absolute atomic E-state index is 0.143. The third-order valence-corrected chi connectivity index (χ3v) is 3.48. The molecule has 0 radical (unpaired) electrons. The van der Waals surface area contributed by atoms with Gasteiger partial charge in [0.1, 0.15) is 0 Å². The number of carbonyl (C=O) groups is 1. The van der Waals surface area contributed by atoms with E-state index in [4.69, 9.17) is 0 Å². The summed E-state index contributed by atoms with van der Waals surface area (Å²) in [4.78, 5) is 11.0. The molecular weight excluding hydrogens is 164 g/mol. The van der Waals surface area contributed by atoms with Crippen LogP contribution >= 0.6 is 0 Å². The van der Waals surface area contributed by atoms with Crippen LogP contribution in [-0.2, 0) is 4.79 Å². The van der Waals surface area contributed by atoms with E-state index in [2.05, 4.69) is 17.6 Å². The lowest BCUT2D eigenvalue weighted by molar-refractivity contribution is -0.123. The molecule has 0 bridgehead atoms. The number of hydrogen-bond donors (Lipinski definition) is 2. The molecule has 1 aliphatic heterocycles. The second-order valence-electron chi connectivity index (χ2n) is 4.59. The normalized spacial score (nSPS) is 40.4. The molecule has 3 nitrogen and oxygen atoms in total. The summed E-state index contributed by atoms with van der Waals surface area (Å²) in [6.45, 7) is 3.65. The monoisotopic (exact) mass is 182 g/mol. The van der Waals surface area contributed by atoms with Gasteiger partial charge in [0.2, 0.25) is 5.91 Å². The van der Waals surface area contributed by atoms with Crippen LogP contribution in [0.15, 0.2) is 0 Å². The Morgan fingerprint density at radius 1 is 1.38 bits per heavy atom. The van der Waals surface area contributed by atoms with Gasteiger partial charge in [0.05, 0.1) is 6.54 Å². The van der Waals surface area contributed by atoms with E-state index in [0.717, 1.165) is 12.5 Å². The smallest absolute Gasteiger partial charge is 0.234 e. The predicted molar refractivity (Wildman–Crippen MR) is 51.4 cm³/mol. The Balaban J connectivity index is 1.94. The van der Waals surface area contributed by atoms with Crippen LogP contribution in [0.3, 0.4) is 0 Å². The van der Waals surface area contributed by atoms with Crippen molar-refractivity contribution < 1.29 is 4.79 Å². The van der Waals surface area contributed by atoms with Gasteiger partial charge in [-0.25, -0.2) is 0 Å². The first-order chi connectivity index (χ1) is 6.20. The zero-order chi connectivity index (χ0) is 9.31. The maximum Gasteiger partial charge on any atom is 0.234 e. The Morgan fingerprint density at radius 3 is 2.62 bits per heavy atom. The second kappa shape index (κ2) is 3.29. The molecule has 0 unspecified atom stereocenters. The van der Waals surface area contributed by atoms with Crippen LogP contribution in [0, 0.1) is 5.92 Å². The maximum atomic E-state index is 11.0. The van der Waals surface area contributed by atoms with E-state index in [1.807, 2.05) is 0 Å². The highest BCUT2D eigenvalue weighted by Gasteiger charge is 2.36. The molecule has 0 atom stereocenters. The average Bonchev–Trinajstić information content (AvgIpc) is 2.16. The third-order valence-electron chi connectivity index (χ3n) is 3.48. The van der Waals surface area contributed by atoms with Crippen molar-refractivity contribution in [3.8, 4) is 0 Å². The largest absolute Gasteiger partial charge is 0.353 e. The summed E-state index contributed by atoms with van der Waals surface area (Å²) in [6.07, 6.45) is 5.02. The first-order valence-electron chi connectivity index (χ1n) is 5.22. The zero-order valence-corrected chi connectivity index (χ0v) is 8.23. The molecular formula is C10H18N2O. The number of rotatable bonds is 0. The molecule has 2 rings (SSSR count). The molecule has 1 aliphatic carbocycles. The van der Waals surface area contributed by atoms with Gasteiger partial charge in [0.15, 0.2) is 0 Å². The van der Waals surface area contributed by atoms with Crippen molar-refractivity contribution in [1.82, 2.24) is 10.6 Å². The Labute approximate surface area is 79.3 Å². The summed E-state index contributed by atoms with van der Waals surface area (Å²) in [6, 6.07) is 0. The molecule has 0 aromatic carbocycles. The molecule has 1 saturated carbocycles. The van der Waals surface area contributed by atoms with Crippen molar-refractivity contribution in [2.75, 3.05) is 13.1 Å². The minimum atomic E-state index is 0.143. The fourth-order valence-corrected chi connectivity index (χ4v) is 2.33. The van der Waals surface area contributed by atoms with Crippen LogP contribution in [-0.4, -0.2) is 24.5 Å². The SMILES string of the molecule is CC1CCC2(CC1)CNC(=O)CN2. The van der Waals surface area contributed by atoms with E-state index in [1.165, 1.54) is 25.7 Å². The molecule has 1 spiro atoms. The summed E-state index contributed by atoms with van der Waals surface area (Å²) < 4.78 is 0. The van der Waals surface area contributed by atoms with E-state index < -0.39 is 0 Å². The lowest BCUT2D eigenvalue weighted by Crippen LogP contribution is -2.62. The summed E-state index contributed by atoms with van der Waals surface area (Å²) in [7, 11) is 0. The van der Waals surface area contributed by atoms with E-state index in [0.29, 0.717) is 6.54 Å². The predicted octanol–water partition coefficient (Wildman–Crippen LogP) is 0.655. The molecule has 2 aliphatic rings. The maximum absolute atomic E-state index is 11.0. The van der Waals surface area contributed by atoms with Gasteiger partial charge in [0, 0.05) is 12.1 Å². The molecule has 0 aromatic heterocycles. The lowest BCUT2D eigenvalue weighted by Gasteiger charge is -2.42. The van der Waals surface area contributed by atoms with Crippen molar-refractivity contribution in [3.63, 3.8) is 0 Å². The van der Waals surface area contributed by atoms with Gasteiger partial charge in [-0.3, -0.25) is 4.79 Å². The highest BCUT2D eigenvalue weighted by Crippen LogP contribution is 2.32. The van der Waals surface area contributed by atoms with Gasteiger partial charge >= 0.3 is 0 Å². The third kappa shape index (κ3) is 1.85. The van der Waals surface area contributed by atoms with Gasteiger partial charge in [-0.05, 0) is 31.6 Å². The highest BCUT2D eigenvalue weighted by molar-refractivity contribution is 5.79. The summed E-state index contributed by atoms with van der Waals surface area (Å²) in [5.74, 6) is 1.01. The van der Waals surface area contributed by atoms with Gasteiger partial charge in [-0.15, -0.1) is 0 Å². The topological polar surface area (TPSA) is 41.1 Å². The average molecular weight is 182 g/mol. The highest BCUT2D eigenvalue weighted by atomic mass is 16.2. The van der Waals surface area contributed by atoms with E-state index >= 15 is 0 Å². The molecule has 1 heterocycles. The number of hydrogen-bond acceptors (Lipinski definition) is 2. The van der Waals surface area contributed by atoms with Crippen LogP contribution in [0.4, 0.5) is 0 Å². The Morgan fingerprint density at radius 2 is 2.08 bits per heavy atom. The fourth-order valence-electron chi connectivity index (χ4n) is 2.33. The Hall–Kier alpha value is -0.570. The standard InChI is InChI=1S/C10H18N2O/c1-8-2-4-10(5-3-8)7-11-9(13)6-12-10/h8,12H,2-7H2,1H3,(H,11,13). The number of nitrogens with one attached hydrogen (secondary N) is 2. The van der Waals surface area contributed by atoms with Crippen LogP contribution in [0.1, 0.15) is 32.6 Å². The molecule has 2 fully saturated rings. The molecule has 2 N–H and O–H groups in total. The van der Waals surface area contributed by atoms with Crippen molar-refractivity contribution >= 4 is 5.91 Å². The van der Waals surface area contributed by atoms with Crippen molar-refractivity contribution in [3.05, 3.63) is 0 Å². The van der Waals surface area contributed by atoms with E-state index in [1.54, 1.807) is 0 Å². The van der Waals surface area contributed by atoms with Gasteiger partial charge in [-0.1, -0.05) is 6.92 Å². The van der Waals surface area contributed by atoms with Crippen molar-refractivity contribution in [2.45, 2.75) is 38.1 Å². The quantitative estimate of drug-likeness (QED) is 0.577. The van der Waals surface area contributed by atoms with Crippen LogP contribution in [0.2, 0.25) is 0 Å². The Bertz CT molecular complexity index is 195. The van der Waals surface area contributed by atoms with Gasteiger partial charge in [0.25, 0.3) is 0 Å². The lowest BCUT2D eigenvalue weighted by atomic mass is 9.76. The molecule has 3 heteroatoms. The van der Waals surface area contributed by atoms with Crippen molar-refractivity contribution in [2.24, 2.45) is 5.92 Å². The van der Waals surface area contributed by atoms with Gasteiger partial charge < -0.3 is 10.6 Å². The number of carbonyl (C=O) groups excluding carboxylic acids is 1. The molecule has 74 valence electrons.